The normalized spacial score (nSPS) is 22.0. The van der Waals surface area contributed by atoms with E-state index >= 15 is 0 Å². The van der Waals surface area contributed by atoms with Crippen molar-refractivity contribution in [2.75, 3.05) is 0 Å². The molecule has 192 valence electrons. The van der Waals surface area contributed by atoms with Crippen molar-refractivity contribution in [1.29, 1.82) is 0 Å². The Labute approximate surface area is 244 Å². The number of aromatic nitrogens is 2. The SMILES string of the molecule is CC1(C)S[C@@H]2[C@H](NC(=O)C(NC(=O)c3c[nH]c4cccnc4c3=O)c3ccccc3)C(=O)N2[C@H]1C(=O)O.[H-].[Na+]. The first-order valence-electron chi connectivity index (χ1n) is 11.5. The maximum absolute atomic E-state index is 13.4. The van der Waals surface area contributed by atoms with Crippen molar-refractivity contribution in [2.45, 2.75) is 42.1 Å². The number of aromatic amines is 1. The number of nitrogens with zero attached hydrogens (tertiary/aromatic N) is 2. The molecule has 0 bridgehead atoms. The minimum atomic E-state index is -1.22. The summed E-state index contributed by atoms with van der Waals surface area (Å²) >= 11 is 1.30. The third-order valence-corrected chi connectivity index (χ3v) is 8.10. The standard InChI is InChI=1S/C25H23N5O6S.Na.H/c1-25(2)19(24(35)36)30-22(34)17(23(30)37-25)29-21(33)15(12-7-4-3-5-8-12)28-20(32)13-11-27-14-9-6-10-26-16(14)18(13)31;;/h3-11,15,17,19,23H,1-2H3,(H,27,31)(H,28,32)(H,29,33)(H,35,36);;/q;+1;-1/t15?,17-,19+,23-;;/m1../s1. The predicted molar refractivity (Wildman–Crippen MR) is 136 cm³/mol. The molecule has 0 spiro atoms. The van der Waals surface area contributed by atoms with Gasteiger partial charge in [0.05, 0.1) is 5.52 Å². The number of carboxylic acid groups (broad SMARTS) is 1. The summed E-state index contributed by atoms with van der Waals surface area (Å²) < 4.78 is -0.746. The molecule has 3 amide bonds. The number of amides is 3. The van der Waals surface area contributed by atoms with Gasteiger partial charge in [-0.1, -0.05) is 30.3 Å². The van der Waals surface area contributed by atoms with Gasteiger partial charge in [-0.3, -0.25) is 24.2 Å². The van der Waals surface area contributed by atoms with Gasteiger partial charge in [-0.25, -0.2) is 4.79 Å². The number of carbonyl (C=O) groups excluding carboxylic acids is 3. The van der Waals surface area contributed by atoms with Crippen LogP contribution in [0.2, 0.25) is 0 Å². The summed E-state index contributed by atoms with van der Waals surface area (Å²) in [7, 11) is 0. The number of carboxylic acids is 1. The zero-order valence-corrected chi connectivity index (χ0v) is 23.6. The molecule has 2 fully saturated rings. The Morgan fingerprint density at radius 3 is 2.55 bits per heavy atom. The summed E-state index contributed by atoms with van der Waals surface area (Å²) in [5.74, 6) is -3.06. The van der Waals surface area contributed by atoms with Crippen molar-refractivity contribution in [3.63, 3.8) is 0 Å². The average Bonchev–Trinajstić information content (AvgIpc) is 3.14. The summed E-state index contributed by atoms with van der Waals surface area (Å²) in [6, 6.07) is 8.54. The summed E-state index contributed by atoms with van der Waals surface area (Å²) in [4.78, 5) is 72.2. The molecular weight excluding hydrogens is 521 g/mol. The van der Waals surface area contributed by atoms with Crippen LogP contribution in [-0.4, -0.2) is 65.9 Å². The second-order valence-corrected chi connectivity index (χ2v) is 11.1. The maximum atomic E-state index is 13.4. The Morgan fingerprint density at radius 2 is 1.87 bits per heavy atom. The fraction of sp³-hybridized carbons (Fsp3) is 0.280. The van der Waals surface area contributed by atoms with E-state index in [1.54, 1.807) is 56.3 Å². The molecule has 38 heavy (non-hydrogen) atoms. The third kappa shape index (κ3) is 4.73. The van der Waals surface area contributed by atoms with E-state index in [9.17, 15) is 29.1 Å². The van der Waals surface area contributed by atoms with Crippen LogP contribution in [0.5, 0.6) is 0 Å². The quantitative estimate of drug-likeness (QED) is 0.207. The van der Waals surface area contributed by atoms with Crippen LogP contribution in [-0.2, 0) is 14.4 Å². The number of aliphatic carboxylic acids is 1. The molecule has 5 rings (SSSR count). The minimum absolute atomic E-state index is 0. The predicted octanol–water partition coefficient (Wildman–Crippen LogP) is -1.86. The van der Waals surface area contributed by atoms with Crippen LogP contribution in [0.3, 0.4) is 0 Å². The molecule has 4 atom stereocenters. The van der Waals surface area contributed by atoms with Crippen LogP contribution in [0.15, 0.2) is 59.7 Å². The van der Waals surface area contributed by atoms with Gasteiger partial charge >= 0.3 is 35.5 Å². The van der Waals surface area contributed by atoms with Crippen LogP contribution in [0.4, 0.5) is 0 Å². The number of thioether (sulfide) groups is 1. The zero-order chi connectivity index (χ0) is 26.5. The van der Waals surface area contributed by atoms with Gasteiger partial charge in [0.15, 0.2) is 0 Å². The monoisotopic (exact) mass is 545 g/mol. The number of pyridine rings is 2. The second-order valence-electron chi connectivity index (χ2n) is 9.33. The van der Waals surface area contributed by atoms with Gasteiger partial charge < -0.3 is 27.1 Å². The Kier molecular flexibility index (Phi) is 7.71. The summed E-state index contributed by atoms with van der Waals surface area (Å²) in [5.41, 5.74) is 0.183. The average molecular weight is 546 g/mol. The van der Waals surface area contributed by atoms with Crippen molar-refractivity contribution < 1.29 is 55.3 Å². The topological polar surface area (TPSA) is 162 Å². The number of β-lactam (4-membered cyclic amide) rings is 1. The number of fused-ring (bicyclic) bond motifs is 2. The first-order valence-corrected chi connectivity index (χ1v) is 12.3. The van der Waals surface area contributed by atoms with Gasteiger partial charge in [0.25, 0.3) is 5.91 Å². The van der Waals surface area contributed by atoms with E-state index in [0.717, 1.165) is 0 Å². The van der Waals surface area contributed by atoms with E-state index in [0.29, 0.717) is 11.1 Å². The van der Waals surface area contributed by atoms with Crippen LogP contribution in [0.1, 0.15) is 37.2 Å². The van der Waals surface area contributed by atoms with E-state index < -0.39 is 57.4 Å². The van der Waals surface area contributed by atoms with Gasteiger partial charge in [0, 0.05) is 17.1 Å². The minimum Gasteiger partial charge on any atom is -1.00 e. The Morgan fingerprint density at radius 1 is 1.16 bits per heavy atom. The molecular formula is C25H24N5NaO6S. The van der Waals surface area contributed by atoms with Gasteiger partial charge in [-0.05, 0) is 31.5 Å². The molecule has 1 unspecified atom stereocenters. The Balaban J connectivity index is 0.00000210. The van der Waals surface area contributed by atoms with Crippen molar-refractivity contribution in [3.8, 4) is 0 Å². The molecule has 3 aromatic rings. The summed E-state index contributed by atoms with van der Waals surface area (Å²) in [6.45, 7) is 3.48. The maximum Gasteiger partial charge on any atom is 1.00 e. The largest absolute Gasteiger partial charge is 1.00 e. The van der Waals surface area contributed by atoms with Crippen molar-refractivity contribution in [1.82, 2.24) is 25.5 Å². The Hall–Kier alpha value is -3.19. The molecule has 4 heterocycles. The van der Waals surface area contributed by atoms with Crippen LogP contribution < -0.4 is 45.6 Å². The molecule has 4 N–H and O–H groups in total. The number of carbonyl (C=O) groups is 4. The van der Waals surface area contributed by atoms with Gasteiger partial charge in [0.2, 0.25) is 17.2 Å². The molecule has 0 radical (unpaired) electrons. The fourth-order valence-corrected chi connectivity index (χ4v) is 6.38. The van der Waals surface area contributed by atoms with Crippen molar-refractivity contribution in [3.05, 3.63) is 76.2 Å². The molecule has 2 aromatic heterocycles. The van der Waals surface area contributed by atoms with E-state index in [1.807, 2.05) is 0 Å². The molecule has 2 aliphatic rings. The summed E-state index contributed by atoms with van der Waals surface area (Å²) in [5, 5.41) is 14.3. The molecule has 2 aliphatic heterocycles. The van der Waals surface area contributed by atoms with Crippen molar-refractivity contribution in [2.24, 2.45) is 0 Å². The zero-order valence-electron chi connectivity index (χ0n) is 21.8. The number of hydrogen-bond acceptors (Lipinski definition) is 7. The Bertz CT molecular complexity index is 1500. The van der Waals surface area contributed by atoms with Crippen LogP contribution in [0.25, 0.3) is 11.0 Å². The van der Waals surface area contributed by atoms with E-state index in [-0.39, 0.29) is 42.1 Å². The number of H-pyrrole nitrogens is 1. The molecule has 2 saturated heterocycles. The fourth-order valence-electron chi connectivity index (χ4n) is 4.75. The van der Waals surface area contributed by atoms with Gasteiger partial charge in [-0.2, -0.15) is 0 Å². The number of nitrogens with one attached hydrogen (secondary N) is 3. The van der Waals surface area contributed by atoms with E-state index in [1.165, 1.54) is 29.1 Å². The van der Waals surface area contributed by atoms with E-state index in [4.69, 9.17) is 0 Å². The van der Waals surface area contributed by atoms with Crippen molar-refractivity contribution >= 4 is 46.5 Å². The van der Waals surface area contributed by atoms with Crippen LogP contribution in [0, 0.1) is 0 Å². The summed E-state index contributed by atoms with van der Waals surface area (Å²) in [6.07, 6.45) is 2.70. The van der Waals surface area contributed by atoms with E-state index in [2.05, 4.69) is 20.6 Å². The molecule has 13 heteroatoms. The smallest absolute Gasteiger partial charge is 1.00 e. The first kappa shape index (κ1) is 27.8. The molecule has 0 aliphatic carbocycles. The van der Waals surface area contributed by atoms with Gasteiger partial charge in [-0.15, -0.1) is 11.8 Å². The third-order valence-electron chi connectivity index (χ3n) is 6.53. The molecule has 11 nitrogen and oxygen atoms in total. The van der Waals surface area contributed by atoms with Gasteiger partial charge in [0.1, 0.15) is 34.6 Å². The number of hydrogen-bond donors (Lipinski definition) is 4. The number of rotatable bonds is 6. The molecule has 0 saturated carbocycles. The second kappa shape index (κ2) is 10.5. The van der Waals surface area contributed by atoms with Crippen LogP contribution >= 0.6 is 11.8 Å². The molecule has 1 aromatic carbocycles. The number of benzene rings is 1. The first-order chi connectivity index (χ1) is 17.6.